The number of aryl methyl sites for hydroxylation is 2. The predicted molar refractivity (Wildman–Crippen MR) is 92.8 cm³/mol. The van der Waals surface area contributed by atoms with E-state index in [2.05, 4.69) is 4.98 Å². The highest BCUT2D eigenvalue weighted by Gasteiger charge is 2.34. The third-order valence-corrected chi connectivity index (χ3v) is 4.77. The molecule has 1 aliphatic heterocycles. The second-order valence-electron chi connectivity index (χ2n) is 6.42. The second kappa shape index (κ2) is 6.27. The molecule has 2 heterocycles. The number of anilines is 1. The molecule has 1 N–H and O–H groups in total. The van der Waals surface area contributed by atoms with Crippen molar-refractivity contribution in [2.75, 3.05) is 25.1 Å². The van der Waals surface area contributed by atoms with Crippen LogP contribution in [0.25, 0.3) is 0 Å². The summed E-state index contributed by atoms with van der Waals surface area (Å²) in [5.74, 6) is 1.04. The number of hydrogen-bond acceptors (Lipinski definition) is 5. The fraction of sp³-hybridized carbons (Fsp3) is 0.368. The van der Waals surface area contributed by atoms with Crippen LogP contribution in [0.15, 0.2) is 30.3 Å². The quantitative estimate of drug-likeness (QED) is 0.902. The molecule has 0 atom stereocenters. The van der Waals surface area contributed by atoms with Crippen LogP contribution < -0.4 is 14.4 Å². The number of fused-ring (bicyclic) bond motifs is 1. The van der Waals surface area contributed by atoms with Crippen LogP contribution in [0.4, 0.5) is 5.82 Å². The van der Waals surface area contributed by atoms with Crippen LogP contribution in [0, 0.1) is 0 Å². The smallest absolute Gasteiger partial charge is 0.339 e. The van der Waals surface area contributed by atoms with Gasteiger partial charge in [-0.1, -0.05) is 12.1 Å². The molecule has 1 fully saturated rings. The van der Waals surface area contributed by atoms with E-state index in [4.69, 9.17) is 9.47 Å². The molecule has 1 aromatic heterocycles. The van der Waals surface area contributed by atoms with Crippen LogP contribution >= 0.6 is 0 Å². The summed E-state index contributed by atoms with van der Waals surface area (Å²) in [5, 5.41) is 9.52. The first-order chi connectivity index (χ1) is 12.2. The van der Waals surface area contributed by atoms with Gasteiger partial charge in [0, 0.05) is 5.69 Å². The number of pyridine rings is 1. The number of ether oxygens (including phenoxy) is 2. The van der Waals surface area contributed by atoms with Gasteiger partial charge < -0.3 is 19.5 Å². The lowest BCUT2D eigenvalue weighted by Gasteiger charge is -2.40. The molecular weight excluding hydrogens is 320 g/mol. The van der Waals surface area contributed by atoms with E-state index in [1.807, 2.05) is 29.2 Å². The van der Waals surface area contributed by atoms with Gasteiger partial charge in [-0.25, -0.2) is 9.78 Å². The lowest BCUT2D eigenvalue weighted by molar-refractivity contribution is 0.0695. The van der Waals surface area contributed by atoms with Crippen LogP contribution in [0.5, 0.6) is 11.5 Å². The Morgan fingerprint density at radius 3 is 2.72 bits per heavy atom. The summed E-state index contributed by atoms with van der Waals surface area (Å²) in [6.45, 7) is 1.23. The van der Waals surface area contributed by atoms with Crippen molar-refractivity contribution in [3.05, 3.63) is 47.2 Å². The van der Waals surface area contributed by atoms with Crippen LogP contribution in [-0.2, 0) is 12.8 Å². The minimum Gasteiger partial charge on any atom is -0.493 e. The normalized spacial score (nSPS) is 16.3. The molecule has 2 aliphatic rings. The number of aromatic nitrogens is 1. The van der Waals surface area contributed by atoms with E-state index in [1.165, 1.54) is 0 Å². The number of benzene rings is 1. The van der Waals surface area contributed by atoms with Crippen molar-refractivity contribution in [1.29, 1.82) is 0 Å². The van der Waals surface area contributed by atoms with E-state index >= 15 is 0 Å². The van der Waals surface area contributed by atoms with Crippen molar-refractivity contribution < 1.29 is 19.4 Å². The maximum Gasteiger partial charge on any atom is 0.339 e. The van der Waals surface area contributed by atoms with Gasteiger partial charge in [0.2, 0.25) is 0 Å². The molecule has 0 bridgehead atoms. The van der Waals surface area contributed by atoms with Crippen LogP contribution in [0.2, 0.25) is 0 Å². The van der Waals surface area contributed by atoms with Gasteiger partial charge in [-0.2, -0.15) is 0 Å². The third-order valence-electron chi connectivity index (χ3n) is 4.77. The van der Waals surface area contributed by atoms with Crippen molar-refractivity contribution >= 4 is 11.8 Å². The zero-order valence-corrected chi connectivity index (χ0v) is 14.1. The Bertz CT molecular complexity index is 815. The Balaban J connectivity index is 1.50. The highest BCUT2D eigenvalue weighted by Crippen LogP contribution is 2.33. The minimum absolute atomic E-state index is 0.00648. The summed E-state index contributed by atoms with van der Waals surface area (Å²) < 4.78 is 11.3. The second-order valence-corrected chi connectivity index (χ2v) is 6.42. The molecule has 2 aromatic rings. The highest BCUT2D eigenvalue weighted by atomic mass is 16.5. The maximum atomic E-state index is 11.6. The van der Waals surface area contributed by atoms with Crippen molar-refractivity contribution in [1.82, 2.24) is 4.98 Å². The number of carboxylic acid groups (broad SMARTS) is 1. The zero-order valence-electron chi connectivity index (χ0n) is 14.1. The summed E-state index contributed by atoms with van der Waals surface area (Å²) in [5.41, 5.74) is 2.40. The van der Waals surface area contributed by atoms with E-state index in [0.29, 0.717) is 30.4 Å². The fourth-order valence-electron chi connectivity index (χ4n) is 3.44. The molecule has 130 valence electrons. The van der Waals surface area contributed by atoms with Crippen molar-refractivity contribution in [3.63, 3.8) is 0 Å². The standard InChI is InChI=1S/C19H20N2O4/c1-24-16-7-2-3-8-17(16)25-13-10-21(11-13)18-14(19(22)23)9-12-5-4-6-15(12)20-18/h2-3,7-9,13H,4-6,10-11H2,1H3,(H,22,23). The lowest BCUT2D eigenvalue weighted by Crippen LogP contribution is -2.54. The molecule has 0 radical (unpaired) electrons. The number of para-hydroxylation sites is 2. The third kappa shape index (κ3) is 2.88. The molecule has 0 unspecified atom stereocenters. The Morgan fingerprint density at radius 2 is 2.00 bits per heavy atom. The Hall–Kier alpha value is -2.76. The van der Waals surface area contributed by atoms with E-state index in [9.17, 15) is 9.90 Å². The molecular formula is C19H20N2O4. The van der Waals surface area contributed by atoms with E-state index in [0.717, 1.165) is 30.5 Å². The van der Waals surface area contributed by atoms with Gasteiger partial charge in [0.05, 0.1) is 20.2 Å². The predicted octanol–water partition coefficient (Wildman–Crippen LogP) is 2.54. The average Bonchev–Trinajstić information content (AvgIpc) is 3.04. The number of carboxylic acids is 1. The van der Waals surface area contributed by atoms with Crippen molar-refractivity contribution in [2.45, 2.75) is 25.4 Å². The Kier molecular flexibility index (Phi) is 3.95. The number of nitrogens with zero attached hydrogens (tertiary/aromatic N) is 2. The molecule has 6 heteroatoms. The first-order valence-electron chi connectivity index (χ1n) is 8.46. The average molecular weight is 340 g/mol. The molecule has 0 amide bonds. The molecule has 1 aromatic carbocycles. The van der Waals surface area contributed by atoms with Gasteiger partial charge in [0.25, 0.3) is 0 Å². The molecule has 0 spiro atoms. The van der Waals surface area contributed by atoms with Crippen molar-refractivity contribution in [2.24, 2.45) is 0 Å². The molecule has 25 heavy (non-hydrogen) atoms. The van der Waals surface area contributed by atoms with Gasteiger partial charge in [0.1, 0.15) is 17.5 Å². The topological polar surface area (TPSA) is 71.9 Å². The minimum atomic E-state index is -0.925. The summed E-state index contributed by atoms with van der Waals surface area (Å²) >= 11 is 0. The number of hydrogen-bond donors (Lipinski definition) is 1. The van der Waals surface area contributed by atoms with Crippen molar-refractivity contribution in [3.8, 4) is 11.5 Å². The summed E-state index contributed by atoms with van der Waals surface area (Å²) in [4.78, 5) is 18.2. The van der Waals surface area contributed by atoms with E-state index in [1.54, 1.807) is 13.2 Å². The number of aromatic carboxylic acids is 1. The van der Waals surface area contributed by atoms with Crippen LogP contribution in [0.3, 0.4) is 0 Å². The maximum absolute atomic E-state index is 11.6. The van der Waals surface area contributed by atoms with Gasteiger partial charge in [0.15, 0.2) is 11.5 Å². The zero-order chi connectivity index (χ0) is 17.4. The first-order valence-corrected chi connectivity index (χ1v) is 8.46. The molecule has 4 rings (SSSR count). The number of methoxy groups -OCH3 is 1. The van der Waals surface area contributed by atoms with E-state index < -0.39 is 5.97 Å². The SMILES string of the molecule is COc1ccccc1OC1CN(c2nc3c(cc2C(=O)O)CCC3)C1. The summed E-state index contributed by atoms with van der Waals surface area (Å²) in [7, 11) is 1.61. The summed E-state index contributed by atoms with van der Waals surface area (Å²) in [6, 6.07) is 9.32. The van der Waals surface area contributed by atoms with E-state index in [-0.39, 0.29) is 11.7 Å². The fourth-order valence-corrected chi connectivity index (χ4v) is 3.44. The first kappa shape index (κ1) is 15.7. The molecule has 1 saturated heterocycles. The van der Waals surface area contributed by atoms with Gasteiger partial charge >= 0.3 is 5.97 Å². The van der Waals surface area contributed by atoms with Crippen LogP contribution in [-0.4, -0.2) is 42.4 Å². The summed E-state index contributed by atoms with van der Waals surface area (Å²) in [6.07, 6.45) is 2.89. The molecule has 6 nitrogen and oxygen atoms in total. The van der Waals surface area contributed by atoms with Gasteiger partial charge in [-0.05, 0) is 43.0 Å². The monoisotopic (exact) mass is 340 g/mol. The Labute approximate surface area is 146 Å². The highest BCUT2D eigenvalue weighted by molar-refractivity contribution is 5.94. The molecule has 1 aliphatic carbocycles. The lowest BCUT2D eigenvalue weighted by atomic mass is 10.1. The van der Waals surface area contributed by atoms with Crippen LogP contribution in [0.1, 0.15) is 28.0 Å². The number of rotatable bonds is 5. The molecule has 0 saturated carbocycles. The van der Waals surface area contributed by atoms with Gasteiger partial charge in [-0.15, -0.1) is 0 Å². The van der Waals surface area contributed by atoms with Gasteiger partial charge in [-0.3, -0.25) is 0 Å². The largest absolute Gasteiger partial charge is 0.493 e. The Morgan fingerprint density at radius 1 is 1.24 bits per heavy atom. The number of carbonyl (C=O) groups is 1.